The fourth-order valence-corrected chi connectivity index (χ4v) is 4.95. The number of guanidine groups is 1. The van der Waals surface area contributed by atoms with Crippen LogP contribution in [0.3, 0.4) is 0 Å². The first-order valence-electron chi connectivity index (χ1n) is 17.6. The van der Waals surface area contributed by atoms with Crippen LogP contribution in [0.25, 0.3) is 0 Å². The molecule has 0 radical (unpaired) electrons. The van der Waals surface area contributed by atoms with Crippen LogP contribution in [0.5, 0.6) is 0 Å². The van der Waals surface area contributed by atoms with Gasteiger partial charge in [-0.05, 0) is 63.7 Å². The Labute approximate surface area is 306 Å². The summed E-state index contributed by atoms with van der Waals surface area (Å²) in [5, 5.41) is 34.1. The molecule has 13 N–H and O–H groups in total. The summed E-state index contributed by atoms with van der Waals surface area (Å²) in [5.41, 5.74) is 12.6. The molecule has 19 nitrogen and oxygen atoms in total. The summed E-state index contributed by atoms with van der Waals surface area (Å²) >= 11 is 0. The number of hydrogen-bond donors (Lipinski definition) is 11. The van der Waals surface area contributed by atoms with Crippen molar-refractivity contribution in [3.05, 3.63) is 0 Å². The van der Waals surface area contributed by atoms with Crippen LogP contribution >= 0.6 is 0 Å². The molecule has 7 atom stereocenters. The van der Waals surface area contributed by atoms with Crippen molar-refractivity contribution in [2.24, 2.45) is 34.2 Å². The predicted octanol–water partition coefficient (Wildman–Crippen LogP) is -2.33. The molecule has 19 heteroatoms. The quantitative estimate of drug-likeness (QED) is 0.0154. The minimum Gasteiger partial charge on any atom is -0.391 e. The average molecular weight is 743 g/mol. The van der Waals surface area contributed by atoms with Crippen LogP contribution in [0, 0.1) is 17.8 Å². The summed E-state index contributed by atoms with van der Waals surface area (Å²) in [7, 11) is 0. The zero-order valence-corrected chi connectivity index (χ0v) is 31.7. The fourth-order valence-electron chi connectivity index (χ4n) is 4.95. The number of aliphatic hydroxyl groups is 1. The Morgan fingerprint density at radius 1 is 0.635 bits per heavy atom. The van der Waals surface area contributed by atoms with Gasteiger partial charge < -0.3 is 58.5 Å². The Morgan fingerprint density at radius 3 is 1.48 bits per heavy atom. The Hall–Kier alpha value is -4.36. The fraction of sp³-hybridized carbons (Fsp3) is 0.758. The van der Waals surface area contributed by atoms with Crippen molar-refractivity contribution in [3.63, 3.8) is 0 Å². The van der Waals surface area contributed by atoms with Gasteiger partial charge in [-0.3, -0.25) is 33.8 Å². The molecule has 0 saturated heterocycles. The molecule has 52 heavy (non-hydrogen) atoms. The molecule has 2 unspecified atom stereocenters. The molecule has 0 saturated carbocycles. The Kier molecular flexibility index (Phi) is 22.7. The molecule has 0 aromatic rings. The topological polar surface area (TPSA) is 309 Å². The number of carbonyl (C=O) groups is 7. The van der Waals surface area contributed by atoms with Crippen molar-refractivity contribution in [1.82, 2.24) is 37.4 Å². The molecule has 0 aromatic carbocycles. The second-order valence-electron chi connectivity index (χ2n) is 14.1. The smallest absolute Gasteiger partial charge is 0.243 e. The maximum atomic E-state index is 13.7. The predicted molar refractivity (Wildman–Crippen MR) is 193 cm³/mol. The van der Waals surface area contributed by atoms with Gasteiger partial charge >= 0.3 is 0 Å². The lowest BCUT2D eigenvalue weighted by atomic mass is 9.99. The second-order valence-corrected chi connectivity index (χ2v) is 14.1. The molecule has 0 fully saturated rings. The third-order valence-corrected chi connectivity index (χ3v) is 7.58. The lowest BCUT2D eigenvalue weighted by Gasteiger charge is -2.28. The summed E-state index contributed by atoms with van der Waals surface area (Å²) in [6.45, 7) is 13.4. The number of hydroxylamine groups is 1. The molecule has 0 aliphatic carbocycles. The zero-order valence-electron chi connectivity index (χ0n) is 31.7. The van der Waals surface area contributed by atoms with Gasteiger partial charge in [-0.25, -0.2) is 0 Å². The van der Waals surface area contributed by atoms with E-state index in [9.17, 15) is 38.7 Å². The first-order chi connectivity index (χ1) is 24.2. The summed E-state index contributed by atoms with van der Waals surface area (Å²) in [4.78, 5) is 94.1. The number of rotatable bonds is 25. The van der Waals surface area contributed by atoms with Gasteiger partial charge in [0, 0.05) is 6.54 Å². The summed E-state index contributed by atoms with van der Waals surface area (Å²) < 4.78 is 0. The van der Waals surface area contributed by atoms with Gasteiger partial charge in [-0.2, -0.15) is 5.48 Å². The van der Waals surface area contributed by atoms with Crippen molar-refractivity contribution in [1.29, 1.82) is 0 Å². The number of hydrogen-bond acceptors (Lipinski definition) is 11. The number of aliphatic hydroxyl groups excluding tert-OH is 1. The van der Waals surface area contributed by atoms with Gasteiger partial charge in [0.2, 0.25) is 35.4 Å². The van der Waals surface area contributed by atoms with E-state index in [4.69, 9.17) is 16.7 Å². The molecule has 0 aromatic heterocycles. The third kappa shape index (κ3) is 19.9. The second kappa shape index (κ2) is 24.8. The monoisotopic (exact) mass is 742 g/mol. The van der Waals surface area contributed by atoms with Gasteiger partial charge in [0.25, 0.3) is 0 Å². The first-order valence-corrected chi connectivity index (χ1v) is 17.6. The number of aldehydes is 1. The van der Waals surface area contributed by atoms with Crippen LogP contribution in [-0.4, -0.2) is 113 Å². The SMILES string of the molecule is CC(C)CC(NC(=O)[C@H](CCCN=C(N)N)NC(=O)C(C)NC(=O)[C@H](CC(C)C)NC(=O)CNO)C(=O)N[C@@H](CC(C)C)C(=O)N[C@H](C=O)[C@@H](C)O. The Bertz CT molecular complexity index is 1210. The van der Waals surface area contributed by atoms with Gasteiger partial charge in [0.05, 0.1) is 12.6 Å². The highest BCUT2D eigenvalue weighted by atomic mass is 16.5. The standard InChI is InChI=1S/C33H62N10O9/c1-17(2)12-23(39-27(46)15-37-52)30(49)38-20(7)28(47)40-22(10-9-11-36-33(34)35)29(48)41-24(13-18(3)4)31(50)42-25(14-19(5)6)32(51)43-26(16-44)21(8)45/h16-26,37,45,52H,9-15H2,1-8H3,(H,38,49)(H,39,46)(H,40,47)(H,41,48)(H,42,50)(H,43,51)(H4,34,35,36)/t20?,21-,22+,23+,24?,25+,26-/m1/s1. The lowest BCUT2D eigenvalue weighted by Crippen LogP contribution is -2.59. The highest BCUT2D eigenvalue weighted by molar-refractivity contribution is 5.96. The highest BCUT2D eigenvalue weighted by Crippen LogP contribution is 2.11. The normalized spacial score (nSPS) is 15.2. The summed E-state index contributed by atoms with van der Waals surface area (Å²) in [5.74, 6) is -4.44. The van der Waals surface area contributed by atoms with E-state index >= 15 is 0 Å². The van der Waals surface area contributed by atoms with E-state index in [0.29, 0.717) is 6.29 Å². The number of amides is 6. The van der Waals surface area contributed by atoms with Gasteiger partial charge in [0.1, 0.15) is 42.5 Å². The van der Waals surface area contributed by atoms with E-state index in [2.05, 4.69) is 36.9 Å². The third-order valence-electron chi connectivity index (χ3n) is 7.58. The average Bonchev–Trinajstić information content (AvgIpc) is 3.02. The molecular formula is C33H62N10O9. The lowest BCUT2D eigenvalue weighted by molar-refractivity contribution is -0.135. The van der Waals surface area contributed by atoms with E-state index in [1.165, 1.54) is 13.8 Å². The van der Waals surface area contributed by atoms with Gasteiger partial charge in [-0.15, -0.1) is 0 Å². The molecule has 0 aliphatic heterocycles. The highest BCUT2D eigenvalue weighted by Gasteiger charge is 2.33. The zero-order chi connectivity index (χ0) is 40.1. The van der Waals surface area contributed by atoms with Crippen LogP contribution in [0.4, 0.5) is 0 Å². The van der Waals surface area contributed by atoms with E-state index in [1.54, 1.807) is 5.48 Å². The molecule has 298 valence electrons. The number of carbonyl (C=O) groups excluding carboxylic acids is 7. The van der Waals surface area contributed by atoms with Crippen LogP contribution in [-0.2, 0) is 33.6 Å². The van der Waals surface area contributed by atoms with E-state index in [-0.39, 0.29) is 62.4 Å². The van der Waals surface area contributed by atoms with Crippen molar-refractivity contribution in [3.8, 4) is 0 Å². The van der Waals surface area contributed by atoms with Gasteiger partial charge in [0.15, 0.2) is 5.96 Å². The number of nitrogens with zero attached hydrogens (tertiary/aromatic N) is 1. The number of nitrogens with one attached hydrogen (secondary N) is 7. The van der Waals surface area contributed by atoms with Crippen LogP contribution in [0.1, 0.15) is 87.5 Å². The van der Waals surface area contributed by atoms with Crippen LogP contribution in [0.15, 0.2) is 4.99 Å². The molecule has 0 spiro atoms. The van der Waals surface area contributed by atoms with E-state index in [0.717, 1.165) is 0 Å². The van der Waals surface area contributed by atoms with E-state index < -0.39 is 84.3 Å². The molecule has 0 bridgehead atoms. The van der Waals surface area contributed by atoms with Gasteiger partial charge in [-0.1, -0.05) is 41.5 Å². The van der Waals surface area contributed by atoms with Crippen LogP contribution in [0.2, 0.25) is 0 Å². The summed E-state index contributed by atoms with van der Waals surface area (Å²) in [6.07, 6.45) is 0.104. The first kappa shape index (κ1) is 47.6. The maximum absolute atomic E-state index is 13.7. The molecular weight excluding hydrogens is 680 g/mol. The maximum Gasteiger partial charge on any atom is 0.243 e. The number of aliphatic imine (C=N–C) groups is 1. The van der Waals surface area contributed by atoms with Crippen molar-refractivity contribution >= 4 is 47.7 Å². The van der Waals surface area contributed by atoms with Crippen molar-refractivity contribution in [2.75, 3.05) is 13.1 Å². The minimum absolute atomic E-state index is 0.0101. The van der Waals surface area contributed by atoms with E-state index in [1.807, 2.05) is 41.5 Å². The minimum atomic E-state index is -1.21. The molecule has 0 heterocycles. The largest absolute Gasteiger partial charge is 0.391 e. The Balaban J connectivity index is 6.13. The van der Waals surface area contributed by atoms with Crippen molar-refractivity contribution in [2.45, 2.75) is 130 Å². The summed E-state index contributed by atoms with van der Waals surface area (Å²) in [6, 6.07) is -6.81. The molecule has 0 aliphatic rings. The molecule has 6 amide bonds. The van der Waals surface area contributed by atoms with Crippen molar-refractivity contribution < 1.29 is 43.9 Å². The number of nitrogens with two attached hydrogens (primary N) is 2. The van der Waals surface area contributed by atoms with Crippen LogP contribution < -0.4 is 48.8 Å². The molecule has 0 rings (SSSR count). The Morgan fingerprint density at radius 2 is 1.06 bits per heavy atom.